The number of amidine groups is 1. The van der Waals surface area contributed by atoms with Gasteiger partial charge in [-0.25, -0.2) is 0 Å². The van der Waals surface area contributed by atoms with Crippen LogP contribution in [0.2, 0.25) is 0 Å². The number of rotatable bonds is 5. The number of nitrogens with zero attached hydrogens (tertiary/aromatic N) is 1. The van der Waals surface area contributed by atoms with Crippen molar-refractivity contribution in [3.63, 3.8) is 0 Å². The zero-order chi connectivity index (χ0) is 17.6. The second kappa shape index (κ2) is 8.32. The summed E-state index contributed by atoms with van der Waals surface area (Å²) in [5.41, 5.74) is 2.50. The second-order valence-corrected chi connectivity index (χ2v) is 7.41. The van der Waals surface area contributed by atoms with Crippen LogP contribution < -0.4 is 5.32 Å². The van der Waals surface area contributed by atoms with Crippen LogP contribution in [0.25, 0.3) is 0 Å². The summed E-state index contributed by atoms with van der Waals surface area (Å²) in [5.74, 6) is 1.82. The summed E-state index contributed by atoms with van der Waals surface area (Å²) in [6, 6.07) is 8.44. The number of hydrogen-bond acceptors (Lipinski definition) is 5. The summed E-state index contributed by atoms with van der Waals surface area (Å²) in [7, 11) is 0. The molecule has 134 valence electrons. The Balaban J connectivity index is 1.66. The van der Waals surface area contributed by atoms with E-state index in [9.17, 15) is 0 Å². The van der Waals surface area contributed by atoms with Crippen LogP contribution in [0.1, 0.15) is 24.8 Å². The van der Waals surface area contributed by atoms with E-state index in [2.05, 4.69) is 52.8 Å². The molecule has 4 rings (SSSR count). The summed E-state index contributed by atoms with van der Waals surface area (Å²) in [4.78, 5) is 5.87. The van der Waals surface area contributed by atoms with E-state index in [1.807, 2.05) is 0 Å². The fraction of sp³-hybridized carbons (Fsp3) is 0.286. The molecule has 1 aromatic carbocycles. The van der Waals surface area contributed by atoms with Crippen LogP contribution in [0.4, 0.5) is 0 Å². The van der Waals surface area contributed by atoms with Crippen molar-refractivity contribution in [2.45, 2.75) is 29.4 Å². The van der Waals surface area contributed by atoms with Crippen molar-refractivity contribution < 1.29 is 9.47 Å². The van der Waals surface area contributed by atoms with Crippen molar-refractivity contribution in [2.24, 2.45) is 4.99 Å². The number of thioether (sulfide) groups is 1. The normalized spacial score (nSPS) is 20.1. The Morgan fingerprint density at radius 1 is 1.19 bits per heavy atom. The minimum Gasteiger partial charge on any atom is -0.466 e. The molecular weight excluding hydrogens is 344 g/mol. The number of aliphatic imine (C=N–C) groups is 1. The van der Waals surface area contributed by atoms with E-state index in [-0.39, 0.29) is 5.25 Å². The second-order valence-electron chi connectivity index (χ2n) is 6.26. The van der Waals surface area contributed by atoms with E-state index in [0.717, 1.165) is 49.5 Å². The van der Waals surface area contributed by atoms with E-state index in [0.29, 0.717) is 0 Å². The van der Waals surface area contributed by atoms with E-state index >= 15 is 0 Å². The van der Waals surface area contributed by atoms with E-state index in [4.69, 9.17) is 9.47 Å². The molecule has 0 fully saturated rings. The number of hydrogen-bond donors (Lipinski definition) is 1. The SMILES string of the molecule is C1=CCCC(C(Sc2ccccc2C2=NCCCN2)C2=COC=CO2)=C1. The molecule has 1 aromatic rings. The predicted octanol–water partition coefficient (Wildman–Crippen LogP) is 4.52. The van der Waals surface area contributed by atoms with Gasteiger partial charge in [-0.05, 0) is 30.9 Å². The molecule has 0 radical (unpaired) electrons. The van der Waals surface area contributed by atoms with Gasteiger partial charge in [-0.3, -0.25) is 4.99 Å². The van der Waals surface area contributed by atoms with E-state index in [1.54, 1.807) is 30.5 Å². The van der Waals surface area contributed by atoms with Crippen LogP contribution in [0.3, 0.4) is 0 Å². The molecule has 0 spiro atoms. The molecule has 2 aliphatic heterocycles. The third-order valence-corrected chi connectivity index (χ3v) is 5.83. The number of benzene rings is 1. The highest BCUT2D eigenvalue weighted by Crippen LogP contribution is 2.38. The van der Waals surface area contributed by atoms with Crippen molar-refractivity contribution in [1.82, 2.24) is 5.32 Å². The van der Waals surface area contributed by atoms with Crippen molar-refractivity contribution in [2.75, 3.05) is 13.1 Å². The van der Waals surface area contributed by atoms with Gasteiger partial charge in [0.2, 0.25) is 0 Å². The van der Waals surface area contributed by atoms with Gasteiger partial charge in [0.15, 0.2) is 5.76 Å². The Kier molecular flexibility index (Phi) is 5.45. The molecule has 0 bridgehead atoms. The average Bonchev–Trinajstić information content (AvgIpc) is 2.74. The summed E-state index contributed by atoms with van der Waals surface area (Å²) in [6.45, 7) is 1.86. The van der Waals surface area contributed by atoms with Gasteiger partial charge in [0.25, 0.3) is 0 Å². The lowest BCUT2D eigenvalue weighted by molar-refractivity contribution is 0.252. The summed E-state index contributed by atoms with van der Waals surface area (Å²) in [5, 5.41) is 3.52. The Bertz CT molecular complexity index is 808. The highest BCUT2D eigenvalue weighted by molar-refractivity contribution is 8.00. The number of ether oxygens (including phenoxy) is 2. The van der Waals surface area contributed by atoms with Crippen LogP contribution in [-0.2, 0) is 9.47 Å². The molecular formula is C21H22N2O2S. The molecule has 1 atom stereocenters. The zero-order valence-corrected chi connectivity index (χ0v) is 15.4. The Morgan fingerprint density at radius 3 is 2.92 bits per heavy atom. The van der Waals surface area contributed by atoms with Crippen molar-refractivity contribution in [3.05, 3.63) is 78.2 Å². The lowest BCUT2D eigenvalue weighted by Crippen LogP contribution is -2.30. The average molecular weight is 366 g/mol. The minimum absolute atomic E-state index is 0.0789. The van der Waals surface area contributed by atoms with Crippen LogP contribution in [-0.4, -0.2) is 24.2 Å². The van der Waals surface area contributed by atoms with Gasteiger partial charge in [-0.2, -0.15) is 0 Å². The maximum absolute atomic E-state index is 5.77. The van der Waals surface area contributed by atoms with Crippen LogP contribution in [0, 0.1) is 0 Å². The third-order valence-electron chi connectivity index (χ3n) is 4.45. The molecule has 1 unspecified atom stereocenters. The van der Waals surface area contributed by atoms with Gasteiger partial charge in [0.1, 0.15) is 24.6 Å². The fourth-order valence-electron chi connectivity index (χ4n) is 3.16. The van der Waals surface area contributed by atoms with Crippen molar-refractivity contribution in [3.8, 4) is 0 Å². The topological polar surface area (TPSA) is 42.9 Å². The highest BCUT2D eigenvalue weighted by Gasteiger charge is 2.25. The molecule has 0 aromatic heterocycles. The van der Waals surface area contributed by atoms with Gasteiger partial charge < -0.3 is 14.8 Å². The van der Waals surface area contributed by atoms with Gasteiger partial charge in [-0.1, -0.05) is 36.4 Å². The summed E-state index contributed by atoms with van der Waals surface area (Å²) in [6.07, 6.45) is 14.6. The zero-order valence-electron chi connectivity index (χ0n) is 14.6. The lowest BCUT2D eigenvalue weighted by Gasteiger charge is -2.25. The monoisotopic (exact) mass is 366 g/mol. The molecule has 0 saturated heterocycles. The Labute approximate surface area is 158 Å². The predicted molar refractivity (Wildman–Crippen MR) is 106 cm³/mol. The molecule has 5 heteroatoms. The van der Waals surface area contributed by atoms with Crippen LogP contribution in [0.5, 0.6) is 0 Å². The lowest BCUT2D eigenvalue weighted by atomic mass is 10.0. The molecule has 4 nitrogen and oxygen atoms in total. The van der Waals surface area contributed by atoms with Gasteiger partial charge >= 0.3 is 0 Å². The number of nitrogens with one attached hydrogen (secondary N) is 1. The Morgan fingerprint density at radius 2 is 2.15 bits per heavy atom. The first kappa shape index (κ1) is 17.0. The molecule has 1 aliphatic carbocycles. The smallest absolute Gasteiger partial charge is 0.156 e. The molecule has 26 heavy (non-hydrogen) atoms. The number of allylic oxidation sites excluding steroid dienone is 3. The fourth-order valence-corrected chi connectivity index (χ4v) is 4.44. The van der Waals surface area contributed by atoms with Gasteiger partial charge in [-0.15, -0.1) is 11.8 Å². The van der Waals surface area contributed by atoms with Crippen molar-refractivity contribution >= 4 is 17.6 Å². The largest absolute Gasteiger partial charge is 0.466 e. The first-order valence-electron chi connectivity index (χ1n) is 8.99. The quantitative estimate of drug-likeness (QED) is 0.778. The van der Waals surface area contributed by atoms with Crippen molar-refractivity contribution in [1.29, 1.82) is 0 Å². The molecule has 0 amide bonds. The Hall–Kier alpha value is -2.40. The maximum Gasteiger partial charge on any atom is 0.156 e. The van der Waals surface area contributed by atoms with Gasteiger partial charge in [0, 0.05) is 23.5 Å². The summed E-state index contributed by atoms with van der Waals surface area (Å²) >= 11 is 1.79. The molecule has 0 saturated carbocycles. The molecule has 1 N–H and O–H groups in total. The molecule has 3 aliphatic rings. The maximum atomic E-state index is 5.77. The first-order chi connectivity index (χ1) is 12.9. The standard InChI is InChI=1S/C21H22N2O2S/c1-2-7-16(8-3-1)20(18-15-24-13-14-25-18)26-19-10-5-4-9-17(19)21-22-11-6-12-23-21/h1-2,4-5,7,9-10,13-15,20H,3,6,8,11-12H2,(H,22,23). The van der Waals surface area contributed by atoms with E-state index < -0.39 is 0 Å². The first-order valence-corrected chi connectivity index (χ1v) is 9.87. The van der Waals surface area contributed by atoms with Gasteiger partial charge in [0.05, 0.1) is 5.25 Å². The minimum atomic E-state index is 0.0789. The van der Waals surface area contributed by atoms with E-state index in [1.165, 1.54) is 10.5 Å². The highest BCUT2D eigenvalue weighted by atomic mass is 32.2. The molecule has 2 heterocycles. The van der Waals surface area contributed by atoms with Crippen LogP contribution >= 0.6 is 11.8 Å². The third kappa shape index (κ3) is 3.88. The summed E-state index contributed by atoms with van der Waals surface area (Å²) < 4.78 is 11.2. The van der Waals surface area contributed by atoms with Crippen LogP contribution in [0.15, 0.2) is 82.5 Å².